The Bertz CT molecular complexity index is 1380. The minimum Gasteiger partial charge on any atom is -0.392 e. The van der Waals surface area contributed by atoms with E-state index in [4.69, 9.17) is 4.98 Å². The number of aliphatic hydroxyl groups excluding tert-OH is 4. The molecule has 0 bridgehead atoms. The first-order chi connectivity index (χ1) is 17.1. The van der Waals surface area contributed by atoms with Gasteiger partial charge < -0.3 is 25.3 Å². The lowest BCUT2D eigenvalue weighted by Crippen LogP contribution is -2.26. The molecule has 0 fully saturated rings. The highest BCUT2D eigenvalue weighted by Crippen LogP contribution is 2.41. The van der Waals surface area contributed by atoms with E-state index in [-0.39, 0.29) is 26.4 Å². The average molecular weight is 471 g/mol. The van der Waals surface area contributed by atoms with Crippen molar-refractivity contribution in [3.63, 3.8) is 0 Å². The van der Waals surface area contributed by atoms with E-state index in [1.165, 1.54) is 5.56 Å². The van der Waals surface area contributed by atoms with E-state index in [0.29, 0.717) is 28.2 Å². The zero-order valence-corrected chi connectivity index (χ0v) is 19.8. The summed E-state index contributed by atoms with van der Waals surface area (Å²) < 4.78 is 0. The summed E-state index contributed by atoms with van der Waals surface area (Å²) >= 11 is 0. The van der Waals surface area contributed by atoms with Crippen LogP contribution in [0.2, 0.25) is 0 Å². The zero-order chi connectivity index (χ0) is 24.5. The highest BCUT2D eigenvalue weighted by molar-refractivity contribution is 6.00. The standard InChI is InChI=1S/C29H30N2O4/c1-18-7-9-31(27-5-3-2-4-24(18)27)28-13-19(6-8-30-28)29-25-12-22(15-33)21(14-32)10-20(25)11-23(16-34)26(29)17-35/h2-6,8,10-13,18,32-35H,7,9,14-17H2,1H3/t18-/m0/s1. The summed E-state index contributed by atoms with van der Waals surface area (Å²) in [6.45, 7) is 2.26. The van der Waals surface area contributed by atoms with Gasteiger partial charge in [-0.25, -0.2) is 4.98 Å². The Balaban J connectivity index is 1.73. The van der Waals surface area contributed by atoms with Crippen molar-refractivity contribution in [2.75, 3.05) is 11.4 Å². The average Bonchev–Trinajstić information content (AvgIpc) is 2.91. The van der Waals surface area contributed by atoms with Crippen LogP contribution in [-0.4, -0.2) is 32.0 Å². The monoisotopic (exact) mass is 470 g/mol. The Morgan fingerprint density at radius 2 is 1.57 bits per heavy atom. The predicted octanol–water partition coefficient (Wildman–Crippen LogP) is 4.52. The molecule has 1 atom stereocenters. The van der Waals surface area contributed by atoms with Crippen LogP contribution in [-0.2, 0) is 26.4 Å². The fourth-order valence-corrected chi connectivity index (χ4v) is 5.30. The van der Waals surface area contributed by atoms with E-state index in [1.807, 2.05) is 36.4 Å². The number of hydrogen-bond donors (Lipinski definition) is 4. The molecule has 1 aromatic heterocycles. The van der Waals surface area contributed by atoms with E-state index >= 15 is 0 Å². The second kappa shape index (κ2) is 9.76. The molecule has 180 valence electrons. The van der Waals surface area contributed by atoms with Crippen molar-refractivity contribution in [1.29, 1.82) is 0 Å². The molecule has 5 rings (SSSR count). The molecule has 0 unspecified atom stereocenters. The van der Waals surface area contributed by atoms with Crippen LogP contribution < -0.4 is 4.90 Å². The van der Waals surface area contributed by atoms with Crippen molar-refractivity contribution in [2.45, 2.75) is 45.7 Å². The quantitative estimate of drug-likeness (QED) is 0.331. The molecule has 0 amide bonds. The van der Waals surface area contributed by atoms with Gasteiger partial charge in [-0.3, -0.25) is 0 Å². The highest BCUT2D eigenvalue weighted by Gasteiger charge is 2.24. The van der Waals surface area contributed by atoms with Gasteiger partial charge in [0.1, 0.15) is 5.82 Å². The lowest BCUT2D eigenvalue weighted by Gasteiger charge is -2.34. The largest absolute Gasteiger partial charge is 0.392 e. The van der Waals surface area contributed by atoms with Crippen molar-refractivity contribution in [1.82, 2.24) is 4.98 Å². The van der Waals surface area contributed by atoms with Crippen molar-refractivity contribution in [3.8, 4) is 11.1 Å². The third-order valence-electron chi connectivity index (χ3n) is 7.18. The normalized spacial score (nSPS) is 15.5. The number of benzene rings is 3. The summed E-state index contributed by atoms with van der Waals surface area (Å²) in [6.07, 6.45) is 2.80. The molecule has 3 aromatic carbocycles. The van der Waals surface area contributed by atoms with Crippen LogP contribution in [0.3, 0.4) is 0 Å². The van der Waals surface area contributed by atoms with Crippen LogP contribution in [0, 0.1) is 0 Å². The Hall–Kier alpha value is -3.29. The minimum atomic E-state index is -0.237. The molecule has 1 aliphatic rings. The Labute approximate surface area is 204 Å². The van der Waals surface area contributed by atoms with Crippen LogP contribution in [0.25, 0.3) is 21.9 Å². The Kier molecular flexibility index (Phi) is 6.54. The van der Waals surface area contributed by atoms with Crippen LogP contribution in [0.4, 0.5) is 11.5 Å². The molecular weight excluding hydrogens is 440 g/mol. The van der Waals surface area contributed by atoms with Gasteiger partial charge in [-0.2, -0.15) is 0 Å². The maximum absolute atomic E-state index is 10.3. The topological polar surface area (TPSA) is 97.1 Å². The molecule has 0 saturated carbocycles. The van der Waals surface area contributed by atoms with Crippen LogP contribution >= 0.6 is 0 Å². The van der Waals surface area contributed by atoms with Gasteiger partial charge in [0, 0.05) is 18.4 Å². The van der Waals surface area contributed by atoms with E-state index in [1.54, 1.807) is 6.20 Å². The number of aliphatic hydroxyl groups is 4. The lowest BCUT2D eigenvalue weighted by atomic mass is 9.88. The summed E-state index contributed by atoms with van der Waals surface area (Å²) in [5.41, 5.74) is 6.68. The highest BCUT2D eigenvalue weighted by atomic mass is 16.3. The molecule has 6 nitrogen and oxygen atoms in total. The lowest BCUT2D eigenvalue weighted by molar-refractivity contribution is 0.260. The van der Waals surface area contributed by atoms with Gasteiger partial charge in [0.15, 0.2) is 0 Å². The zero-order valence-electron chi connectivity index (χ0n) is 19.8. The van der Waals surface area contributed by atoms with Gasteiger partial charge in [-0.05, 0) is 98.5 Å². The second-order valence-corrected chi connectivity index (χ2v) is 9.17. The Morgan fingerprint density at radius 1 is 0.857 bits per heavy atom. The van der Waals surface area contributed by atoms with E-state index in [2.05, 4.69) is 30.0 Å². The van der Waals surface area contributed by atoms with Gasteiger partial charge in [0.2, 0.25) is 0 Å². The number of rotatable bonds is 6. The van der Waals surface area contributed by atoms with Crippen molar-refractivity contribution < 1.29 is 20.4 Å². The number of para-hydroxylation sites is 1. The fraction of sp³-hybridized carbons (Fsp3) is 0.276. The van der Waals surface area contributed by atoms with Gasteiger partial charge in [0.25, 0.3) is 0 Å². The summed E-state index contributed by atoms with van der Waals surface area (Å²) in [4.78, 5) is 6.93. The predicted molar refractivity (Wildman–Crippen MR) is 137 cm³/mol. The summed E-state index contributed by atoms with van der Waals surface area (Å²) in [5.74, 6) is 1.30. The molecule has 0 radical (unpaired) electrons. The first-order valence-electron chi connectivity index (χ1n) is 12.0. The van der Waals surface area contributed by atoms with Gasteiger partial charge in [-0.1, -0.05) is 25.1 Å². The number of hydrogen-bond acceptors (Lipinski definition) is 6. The SMILES string of the molecule is C[C@H]1CCN(c2cc(-c3c(CO)c(CO)cc4cc(CO)c(CO)cc34)ccn2)c2ccccc21. The van der Waals surface area contributed by atoms with Crippen molar-refractivity contribution in [2.24, 2.45) is 0 Å². The minimum absolute atomic E-state index is 0.191. The molecule has 35 heavy (non-hydrogen) atoms. The van der Waals surface area contributed by atoms with Gasteiger partial charge in [0.05, 0.1) is 26.4 Å². The van der Waals surface area contributed by atoms with Crippen molar-refractivity contribution >= 4 is 22.3 Å². The summed E-state index contributed by atoms with van der Waals surface area (Å²) in [6, 6.07) is 17.9. The molecule has 4 aromatic rings. The smallest absolute Gasteiger partial charge is 0.133 e. The third kappa shape index (κ3) is 4.09. The fourth-order valence-electron chi connectivity index (χ4n) is 5.30. The molecule has 4 N–H and O–H groups in total. The van der Waals surface area contributed by atoms with Gasteiger partial charge in [-0.15, -0.1) is 0 Å². The maximum Gasteiger partial charge on any atom is 0.133 e. The number of nitrogens with zero attached hydrogens (tertiary/aromatic N) is 2. The number of anilines is 2. The molecule has 1 aliphatic heterocycles. The van der Waals surface area contributed by atoms with Crippen LogP contribution in [0.5, 0.6) is 0 Å². The van der Waals surface area contributed by atoms with Crippen LogP contribution in [0.15, 0.2) is 60.8 Å². The second-order valence-electron chi connectivity index (χ2n) is 9.17. The first kappa shape index (κ1) is 23.5. The molecule has 0 spiro atoms. The van der Waals surface area contributed by atoms with Crippen LogP contribution in [0.1, 0.15) is 47.1 Å². The first-order valence-corrected chi connectivity index (χ1v) is 12.0. The maximum atomic E-state index is 10.3. The summed E-state index contributed by atoms with van der Waals surface area (Å²) in [5, 5.41) is 41.8. The van der Waals surface area contributed by atoms with Gasteiger partial charge >= 0.3 is 0 Å². The number of pyridine rings is 1. The number of aromatic nitrogens is 1. The van der Waals surface area contributed by atoms with E-state index in [0.717, 1.165) is 46.4 Å². The molecule has 0 saturated heterocycles. The number of fused-ring (bicyclic) bond motifs is 2. The van der Waals surface area contributed by atoms with E-state index in [9.17, 15) is 20.4 Å². The molecular formula is C29H30N2O4. The molecule has 6 heteroatoms. The summed E-state index contributed by atoms with van der Waals surface area (Å²) in [7, 11) is 0. The molecule has 0 aliphatic carbocycles. The molecule has 2 heterocycles. The van der Waals surface area contributed by atoms with Crippen molar-refractivity contribution in [3.05, 3.63) is 88.6 Å². The van der Waals surface area contributed by atoms with E-state index < -0.39 is 0 Å². The Morgan fingerprint density at radius 3 is 2.31 bits per heavy atom. The third-order valence-corrected chi connectivity index (χ3v) is 7.18.